The summed E-state index contributed by atoms with van der Waals surface area (Å²) in [4.78, 5) is 25.5. The topological polar surface area (TPSA) is 63.6 Å². The Kier molecular flexibility index (Phi) is 4.86. The average Bonchev–Trinajstić information content (AvgIpc) is 2.44. The third-order valence-electron chi connectivity index (χ3n) is 3.94. The SMILES string of the molecule is C=CC(C)(C)C1=C(O)C(=O)C(C(C)(C)C=C)=C(OCC)C1=O. The second-order valence-corrected chi connectivity index (χ2v) is 6.37. The molecular weight excluding hydrogens is 280 g/mol. The van der Waals surface area contributed by atoms with Crippen LogP contribution in [0.5, 0.6) is 0 Å². The summed E-state index contributed by atoms with van der Waals surface area (Å²) in [5.74, 6) is -1.63. The van der Waals surface area contributed by atoms with Crippen LogP contribution < -0.4 is 0 Å². The molecule has 1 aliphatic carbocycles. The van der Waals surface area contributed by atoms with E-state index in [9.17, 15) is 14.7 Å². The van der Waals surface area contributed by atoms with Crippen LogP contribution in [0.25, 0.3) is 0 Å². The molecule has 0 spiro atoms. The van der Waals surface area contributed by atoms with Crippen molar-refractivity contribution >= 4 is 11.6 Å². The van der Waals surface area contributed by atoms with Crippen LogP contribution in [0.15, 0.2) is 48.0 Å². The second-order valence-electron chi connectivity index (χ2n) is 6.37. The van der Waals surface area contributed by atoms with Gasteiger partial charge >= 0.3 is 0 Å². The molecule has 1 rings (SSSR count). The van der Waals surface area contributed by atoms with Crippen LogP contribution >= 0.6 is 0 Å². The third kappa shape index (κ3) is 2.78. The van der Waals surface area contributed by atoms with E-state index in [1.54, 1.807) is 40.7 Å². The first-order valence-corrected chi connectivity index (χ1v) is 7.23. The molecule has 0 unspecified atom stereocenters. The Morgan fingerprint density at radius 1 is 1.00 bits per heavy atom. The molecule has 0 heterocycles. The third-order valence-corrected chi connectivity index (χ3v) is 3.94. The number of aliphatic hydroxyl groups is 1. The minimum absolute atomic E-state index is 0.0135. The minimum Gasteiger partial charge on any atom is -0.504 e. The van der Waals surface area contributed by atoms with Crippen LogP contribution in [0.1, 0.15) is 34.6 Å². The second kappa shape index (κ2) is 5.95. The maximum absolute atomic E-state index is 12.8. The number of Topliss-reactive ketones (excluding diaryl/α,β-unsaturated/α-hetero) is 2. The van der Waals surface area contributed by atoms with Gasteiger partial charge in [0.05, 0.1) is 17.8 Å². The van der Waals surface area contributed by atoms with Gasteiger partial charge in [-0.05, 0) is 6.92 Å². The number of hydrogen-bond acceptors (Lipinski definition) is 4. The summed E-state index contributed by atoms with van der Waals surface area (Å²) in [6.07, 6.45) is 3.08. The van der Waals surface area contributed by atoms with Crippen LogP contribution in [0.2, 0.25) is 0 Å². The highest BCUT2D eigenvalue weighted by Crippen LogP contribution is 2.42. The molecule has 0 amide bonds. The largest absolute Gasteiger partial charge is 0.504 e. The van der Waals surface area contributed by atoms with Crippen LogP contribution in [0, 0.1) is 10.8 Å². The maximum atomic E-state index is 12.8. The molecule has 0 radical (unpaired) electrons. The van der Waals surface area contributed by atoms with Crippen molar-refractivity contribution in [2.75, 3.05) is 6.61 Å². The molecule has 0 atom stereocenters. The van der Waals surface area contributed by atoms with E-state index in [1.807, 2.05) is 0 Å². The van der Waals surface area contributed by atoms with Crippen LogP contribution in [-0.4, -0.2) is 23.3 Å². The van der Waals surface area contributed by atoms with Gasteiger partial charge < -0.3 is 9.84 Å². The van der Waals surface area contributed by atoms with Gasteiger partial charge in [-0.15, -0.1) is 13.2 Å². The minimum atomic E-state index is -0.844. The van der Waals surface area contributed by atoms with E-state index in [2.05, 4.69) is 13.2 Å². The molecule has 22 heavy (non-hydrogen) atoms. The van der Waals surface area contributed by atoms with Crippen molar-refractivity contribution in [1.82, 2.24) is 0 Å². The van der Waals surface area contributed by atoms with Gasteiger partial charge in [-0.3, -0.25) is 9.59 Å². The summed E-state index contributed by atoms with van der Waals surface area (Å²) >= 11 is 0. The number of aliphatic hydroxyl groups excluding tert-OH is 1. The van der Waals surface area contributed by atoms with Crippen molar-refractivity contribution in [3.8, 4) is 0 Å². The summed E-state index contributed by atoms with van der Waals surface area (Å²) in [5, 5.41) is 10.3. The molecule has 0 fully saturated rings. The highest BCUT2D eigenvalue weighted by atomic mass is 16.5. The number of ether oxygens (including phenoxy) is 1. The fourth-order valence-corrected chi connectivity index (χ4v) is 2.34. The van der Waals surface area contributed by atoms with Crippen LogP contribution in [-0.2, 0) is 14.3 Å². The van der Waals surface area contributed by atoms with Crippen LogP contribution in [0.3, 0.4) is 0 Å². The number of rotatable bonds is 6. The average molecular weight is 304 g/mol. The highest BCUT2D eigenvalue weighted by molar-refractivity contribution is 6.24. The van der Waals surface area contributed by atoms with E-state index in [1.165, 1.54) is 6.08 Å². The monoisotopic (exact) mass is 304 g/mol. The smallest absolute Gasteiger partial charge is 0.228 e. The molecule has 0 aliphatic heterocycles. The van der Waals surface area contributed by atoms with Crippen molar-refractivity contribution in [3.05, 3.63) is 48.0 Å². The Morgan fingerprint density at radius 2 is 1.45 bits per heavy atom. The zero-order chi connectivity index (χ0) is 17.3. The van der Waals surface area contributed by atoms with Gasteiger partial charge in [-0.1, -0.05) is 39.8 Å². The molecule has 0 aromatic heterocycles. The van der Waals surface area contributed by atoms with E-state index in [0.29, 0.717) is 0 Å². The maximum Gasteiger partial charge on any atom is 0.228 e. The molecule has 0 aromatic carbocycles. The van der Waals surface area contributed by atoms with Gasteiger partial charge in [-0.2, -0.15) is 0 Å². The Labute approximate surface area is 131 Å². The van der Waals surface area contributed by atoms with Crippen molar-refractivity contribution in [2.24, 2.45) is 10.8 Å². The molecule has 1 N–H and O–H groups in total. The standard InChI is InChI=1S/C18H24O4/c1-8-17(4,5)11-13(19)14(20)12(18(6,7)9-2)16(15(11)21)22-10-3/h8-9,19H,1-2,10H2,3-7H3. The normalized spacial score (nSPS) is 17.0. The number of allylic oxidation sites excluding steroid dienone is 4. The van der Waals surface area contributed by atoms with Gasteiger partial charge in [0.15, 0.2) is 11.5 Å². The molecule has 4 heteroatoms. The van der Waals surface area contributed by atoms with Gasteiger partial charge in [0, 0.05) is 10.8 Å². The molecule has 0 saturated carbocycles. The predicted molar refractivity (Wildman–Crippen MR) is 86.3 cm³/mol. The highest BCUT2D eigenvalue weighted by Gasteiger charge is 2.45. The van der Waals surface area contributed by atoms with Crippen molar-refractivity contribution in [3.63, 3.8) is 0 Å². The Balaban J connectivity index is 3.68. The Morgan fingerprint density at radius 3 is 1.86 bits per heavy atom. The van der Waals surface area contributed by atoms with Gasteiger partial charge in [0.2, 0.25) is 11.6 Å². The van der Waals surface area contributed by atoms with E-state index in [0.717, 1.165) is 0 Å². The summed E-state index contributed by atoms with van der Waals surface area (Å²) in [7, 11) is 0. The van der Waals surface area contributed by atoms with Gasteiger partial charge in [0.1, 0.15) is 0 Å². The van der Waals surface area contributed by atoms with Crippen molar-refractivity contribution < 1.29 is 19.4 Å². The summed E-state index contributed by atoms with van der Waals surface area (Å²) in [6, 6.07) is 0. The quantitative estimate of drug-likeness (QED) is 0.601. The molecule has 4 nitrogen and oxygen atoms in total. The lowest BCUT2D eigenvalue weighted by molar-refractivity contribution is -0.122. The molecule has 120 valence electrons. The first-order valence-electron chi connectivity index (χ1n) is 7.23. The fraction of sp³-hybridized carbons (Fsp3) is 0.444. The number of ketones is 2. The lowest BCUT2D eigenvalue weighted by Crippen LogP contribution is -2.36. The van der Waals surface area contributed by atoms with E-state index < -0.39 is 28.2 Å². The molecule has 0 bridgehead atoms. The van der Waals surface area contributed by atoms with E-state index >= 15 is 0 Å². The fourth-order valence-electron chi connectivity index (χ4n) is 2.34. The molecule has 0 saturated heterocycles. The molecular formula is C18H24O4. The van der Waals surface area contributed by atoms with Crippen LogP contribution in [0.4, 0.5) is 0 Å². The number of carbonyl (C=O) groups excluding carboxylic acids is 2. The lowest BCUT2D eigenvalue weighted by Gasteiger charge is -2.33. The summed E-state index contributed by atoms with van der Waals surface area (Å²) in [5.41, 5.74) is -1.49. The zero-order valence-electron chi connectivity index (χ0n) is 13.9. The molecule has 1 aliphatic rings. The van der Waals surface area contributed by atoms with Crippen molar-refractivity contribution in [2.45, 2.75) is 34.6 Å². The number of hydrogen-bond donors (Lipinski definition) is 1. The summed E-state index contributed by atoms with van der Waals surface area (Å²) < 4.78 is 5.47. The zero-order valence-corrected chi connectivity index (χ0v) is 13.9. The number of carbonyl (C=O) groups is 2. The van der Waals surface area contributed by atoms with Gasteiger partial charge in [-0.25, -0.2) is 0 Å². The first-order chi connectivity index (χ1) is 10.0. The predicted octanol–water partition coefficient (Wildman–Crippen LogP) is 3.67. The molecule has 0 aromatic rings. The van der Waals surface area contributed by atoms with Crippen molar-refractivity contribution in [1.29, 1.82) is 0 Å². The van der Waals surface area contributed by atoms with Gasteiger partial charge in [0.25, 0.3) is 0 Å². The summed E-state index contributed by atoms with van der Waals surface area (Å²) in [6.45, 7) is 16.3. The Hall–Kier alpha value is -2.10. The lowest BCUT2D eigenvalue weighted by atomic mass is 9.71. The van der Waals surface area contributed by atoms with E-state index in [-0.39, 0.29) is 23.5 Å². The first kappa shape index (κ1) is 18.0. The Bertz CT molecular complexity index is 601. The van der Waals surface area contributed by atoms with E-state index in [4.69, 9.17) is 4.74 Å².